The number of halogens is 1. The number of hydrogen-bond donors (Lipinski definition) is 1. The Morgan fingerprint density at radius 3 is 2.23 bits per heavy atom. The van der Waals surface area contributed by atoms with E-state index in [1.807, 2.05) is 30.3 Å². The lowest BCUT2D eigenvalue weighted by Gasteiger charge is -2.35. The monoisotopic (exact) mass is 441 g/mol. The minimum Gasteiger partial charge on any atom is -0.493 e. The number of ether oxygens (including phenoxy) is 3. The summed E-state index contributed by atoms with van der Waals surface area (Å²) >= 11 is 6.40. The standard InChI is InChI=1S/C24H24ClNO5/c1-29-20-10-14(11-21(30-2)24(20)31-3)13-8-18-23(19(27)9-13)16(12-22(28)26-18)15-6-4-5-7-17(15)25/h4-7,10-11,13,16H,8-9,12H2,1-3H3,(H,26,28). The molecule has 2 aromatic carbocycles. The van der Waals surface area contributed by atoms with Crippen molar-refractivity contribution in [2.24, 2.45) is 0 Å². The molecule has 162 valence electrons. The molecular formula is C24H24ClNO5. The van der Waals surface area contributed by atoms with E-state index in [1.54, 1.807) is 27.4 Å². The summed E-state index contributed by atoms with van der Waals surface area (Å²) in [5.74, 6) is 1.03. The van der Waals surface area contributed by atoms with Gasteiger partial charge in [-0.05, 0) is 41.7 Å². The van der Waals surface area contributed by atoms with Gasteiger partial charge in [0.15, 0.2) is 17.3 Å². The molecule has 4 rings (SSSR count). The van der Waals surface area contributed by atoms with E-state index in [0.29, 0.717) is 46.4 Å². The Kier molecular flexibility index (Phi) is 5.92. The summed E-state index contributed by atoms with van der Waals surface area (Å²) in [6.07, 6.45) is 1.07. The van der Waals surface area contributed by atoms with Crippen LogP contribution in [0.25, 0.3) is 0 Å². The predicted octanol–water partition coefficient (Wildman–Crippen LogP) is 4.37. The van der Waals surface area contributed by atoms with E-state index in [2.05, 4.69) is 5.32 Å². The molecule has 0 fully saturated rings. The van der Waals surface area contributed by atoms with Crippen LogP contribution in [0.5, 0.6) is 17.2 Å². The lowest BCUT2D eigenvalue weighted by atomic mass is 9.73. The molecule has 1 N–H and O–H groups in total. The van der Waals surface area contributed by atoms with Crippen LogP contribution in [0.2, 0.25) is 5.02 Å². The van der Waals surface area contributed by atoms with Gasteiger partial charge in [0.05, 0.1) is 21.3 Å². The van der Waals surface area contributed by atoms with Gasteiger partial charge in [0.2, 0.25) is 11.7 Å². The minimum absolute atomic E-state index is 0.0184. The van der Waals surface area contributed by atoms with Crippen molar-refractivity contribution in [3.8, 4) is 17.2 Å². The Morgan fingerprint density at radius 2 is 1.61 bits per heavy atom. The predicted molar refractivity (Wildman–Crippen MR) is 117 cm³/mol. The maximum absolute atomic E-state index is 13.3. The summed E-state index contributed by atoms with van der Waals surface area (Å²) in [7, 11) is 4.67. The minimum atomic E-state index is -0.328. The molecule has 0 bridgehead atoms. The molecule has 1 aliphatic heterocycles. The molecule has 7 heteroatoms. The fraction of sp³-hybridized carbons (Fsp3) is 0.333. The molecule has 2 unspecified atom stereocenters. The second kappa shape index (κ2) is 8.63. The van der Waals surface area contributed by atoms with Crippen molar-refractivity contribution in [3.05, 3.63) is 63.8 Å². The molecule has 0 saturated heterocycles. The van der Waals surface area contributed by atoms with Crippen molar-refractivity contribution in [3.63, 3.8) is 0 Å². The van der Waals surface area contributed by atoms with Gasteiger partial charge in [0.1, 0.15) is 0 Å². The number of carbonyl (C=O) groups is 2. The number of carbonyl (C=O) groups excluding carboxylic acids is 2. The van der Waals surface area contributed by atoms with Crippen molar-refractivity contribution in [2.75, 3.05) is 21.3 Å². The van der Waals surface area contributed by atoms with Gasteiger partial charge in [-0.3, -0.25) is 9.59 Å². The molecule has 31 heavy (non-hydrogen) atoms. The third-order valence-corrected chi connectivity index (χ3v) is 6.32. The van der Waals surface area contributed by atoms with Crippen LogP contribution >= 0.6 is 11.6 Å². The van der Waals surface area contributed by atoms with Gasteiger partial charge in [0, 0.05) is 35.1 Å². The number of rotatable bonds is 5. The van der Waals surface area contributed by atoms with Crippen LogP contribution in [0.15, 0.2) is 47.7 Å². The molecule has 0 radical (unpaired) electrons. The van der Waals surface area contributed by atoms with Crippen molar-refractivity contribution in [2.45, 2.75) is 31.1 Å². The first-order chi connectivity index (χ1) is 15.0. The number of methoxy groups -OCH3 is 3. The number of nitrogens with one attached hydrogen (secondary N) is 1. The number of hydrogen-bond acceptors (Lipinski definition) is 5. The normalized spacial score (nSPS) is 20.8. The smallest absolute Gasteiger partial charge is 0.225 e. The molecule has 1 heterocycles. The Bertz CT molecular complexity index is 1050. The van der Waals surface area contributed by atoms with Gasteiger partial charge in [-0.15, -0.1) is 0 Å². The van der Waals surface area contributed by atoms with E-state index in [-0.39, 0.29) is 29.9 Å². The Balaban J connectivity index is 1.74. The topological polar surface area (TPSA) is 73.9 Å². The lowest BCUT2D eigenvalue weighted by molar-refractivity contribution is -0.122. The summed E-state index contributed by atoms with van der Waals surface area (Å²) in [6, 6.07) is 11.1. The van der Waals surface area contributed by atoms with Crippen molar-refractivity contribution >= 4 is 23.3 Å². The number of ketones is 1. The highest BCUT2D eigenvalue weighted by molar-refractivity contribution is 6.31. The number of benzene rings is 2. The Hall–Kier alpha value is -2.99. The second-order valence-corrected chi connectivity index (χ2v) is 8.11. The molecular weight excluding hydrogens is 418 g/mol. The fourth-order valence-corrected chi connectivity index (χ4v) is 4.82. The maximum Gasteiger partial charge on any atom is 0.225 e. The van der Waals surface area contributed by atoms with Crippen LogP contribution < -0.4 is 19.5 Å². The van der Waals surface area contributed by atoms with Crippen molar-refractivity contribution in [1.29, 1.82) is 0 Å². The third-order valence-electron chi connectivity index (χ3n) is 5.98. The van der Waals surface area contributed by atoms with E-state index in [0.717, 1.165) is 11.1 Å². The fourth-order valence-electron chi connectivity index (χ4n) is 4.56. The largest absolute Gasteiger partial charge is 0.493 e. The van der Waals surface area contributed by atoms with Gasteiger partial charge < -0.3 is 19.5 Å². The summed E-state index contributed by atoms with van der Waals surface area (Å²) in [5.41, 5.74) is 3.04. The second-order valence-electron chi connectivity index (χ2n) is 7.71. The highest BCUT2D eigenvalue weighted by atomic mass is 35.5. The quantitative estimate of drug-likeness (QED) is 0.745. The molecule has 2 aliphatic rings. The molecule has 1 aliphatic carbocycles. The van der Waals surface area contributed by atoms with E-state index < -0.39 is 0 Å². The van der Waals surface area contributed by atoms with Crippen LogP contribution in [0.1, 0.15) is 42.2 Å². The van der Waals surface area contributed by atoms with E-state index in [9.17, 15) is 9.59 Å². The lowest BCUT2D eigenvalue weighted by Crippen LogP contribution is -2.38. The molecule has 6 nitrogen and oxygen atoms in total. The average molecular weight is 442 g/mol. The van der Waals surface area contributed by atoms with Gasteiger partial charge >= 0.3 is 0 Å². The summed E-state index contributed by atoms with van der Waals surface area (Å²) in [4.78, 5) is 25.8. The van der Waals surface area contributed by atoms with Crippen LogP contribution in [-0.2, 0) is 9.59 Å². The van der Waals surface area contributed by atoms with Crippen LogP contribution in [0, 0.1) is 0 Å². The van der Waals surface area contributed by atoms with E-state index >= 15 is 0 Å². The molecule has 0 saturated carbocycles. The van der Waals surface area contributed by atoms with E-state index in [4.69, 9.17) is 25.8 Å². The van der Waals surface area contributed by atoms with Crippen molar-refractivity contribution < 1.29 is 23.8 Å². The zero-order valence-electron chi connectivity index (χ0n) is 17.7. The van der Waals surface area contributed by atoms with Gasteiger partial charge in [-0.1, -0.05) is 29.8 Å². The zero-order chi connectivity index (χ0) is 22.1. The SMILES string of the molecule is COc1cc(C2CC(=O)C3=C(C2)NC(=O)CC3c2ccccc2Cl)cc(OC)c1OC. The highest BCUT2D eigenvalue weighted by Crippen LogP contribution is 2.46. The average Bonchev–Trinajstić information content (AvgIpc) is 2.77. The Morgan fingerprint density at radius 1 is 0.935 bits per heavy atom. The number of Topliss-reactive ketones (excluding diaryl/α,β-unsaturated/α-hetero) is 1. The summed E-state index contributed by atoms with van der Waals surface area (Å²) in [5, 5.41) is 3.50. The van der Waals surface area contributed by atoms with Crippen LogP contribution in [-0.4, -0.2) is 33.0 Å². The van der Waals surface area contributed by atoms with Gasteiger partial charge in [-0.25, -0.2) is 0 Å². The van der Waals surface area contributed by atoms with E-state index in [1.165, 1.54) is 0 Å². The first-order valence-electron chi connectivity index (χ1n) is 10.1. The first-order valence-corrected chi connectivity index (χ1v) is 10.4. The van der Waals surface area contributed by atoms with Crippen LogP contribution in [0.3, 0.4) is 0 Å². The zero-order valence-corrected chi connectivity index (χ0v) is 18.4. The molecule has 2 atom stereocenters. The molecule has 1 amide bonds. The first kappa shape index (κ1) is 21.2. The number of allylic oxidation sites excluding steroid dienone is 2. The number of amides is 1. The summed E-state index contributed by atoms with van der Waals surface area (Å²) in [6.45, 7) is 0. The van der Waals surface area contributed by atoms with Gasteiger partial charge in [0.25, 0.3) is 0 Å². The van der Waals surface area contributed by atoms with Gasteiger partial charge in [-0.2, -0.15) is 0 Å². The molecule has 2 aromatic rings. The highest BCUT2D eigenvalue weighted by Gasteiger charge is 2.39. The summed E-state index contributed by atoms with van der Waals surface area (Å²) < 4.78 is 16.3. The molecule has 0 aromatic heterocycles. The molecule has 0 spiro atoms. The maximum atomic E-state index is 13.3. The third kappa shape index (κ3) is 3.88. The Labute approximate surface area is 186 Å². The van der Waals surface area contributed by atoms with Crippen LogP contribution in [0.4, 0.5) is 0 Å². The van der Waals surface area contributed by atoms with Crippen molar-refractivity contribution in [1.82, 2.24) is 5.32 Å².